The number of nitrogens with one attached hydrogen (secondary N) is 1. The van der Waals surface area contributed by atoms with Crippen molar-refractivity contribution >= 4 is 38.8 Å². The van der Waals surface area contributed by atoms with E-state index in [1.54, 1.807) is 11.3 Å². The van der Waals surface area contributed by atoms with E-state index in [0.717, 1.165) is 22.8 Å². The first kappa shape index (κ1) is 14.1. The van der Waals surface area contributed by atoms with Gasteiger partial charge in [0.05, 0.1) is 20.9 Å². The van der Waals surface area contributed by atoms with Crippen molar-refractivity contribution in [2.24, 2.45) is 0 Å². The molecule has 0 aliphatic carbocycles. The number of likely N-dealkylation sites (tertiary alicyclic amines) is 1. The molecule has 108 valence electrons. The fourth-order valence-electron chi connectivity index (χ4n) is 2.86. The quantitative estimate of drug-likeness (QED) is 0.919. The molecule has 3 nitrogen and oxygen atoms in total. The number of anilines is 1. The summed E-state index contributed by atoms with van der Waals surface area (Å²) in [7, 11) is 0. The van der Waals surface area contributed by atoms with E-state index in [4.69, 9.17) is 11.6 Å². The van der Waals surface area contributed by atoms with Gasteiger partial charge >= 0.3 is 0 Å². The van der Waals surface area contributed by atoms with Gasteiger partial charge in [-0.2, -0.15) is 0 Å². The van der Waals surface area contributed by atoms with Gasteiger partial charge in [0.15, 0.2) is 0 Å². The Morgan fingerprint density at radius 3 is 3.15 bits per heavy atom. The monoisotopic (exact) mass is 309 g/mol. The molecular weight excluding hydrogens is 290 g/mol. The SMILES string of the molecule is CCN1CCCC(Nc2c(Cl)ccc3scnc23)CC1. The summed E-state index contributed by atoms with van der Waals surface area (Å²) < 4.78 is 1.20. The lowest BCUT2D eigenvalue weighted by Crippen LogP contribution is -2.26. The molecule has 1 atom stereocenters. The molecule has 1 unspecified atom stereocenters. The zero-order valence-electron chi connectivity index (χ0n) is 11.7. The summed E-state index contributed by atoms with van der Waals surface area (Å²) in [5.74, 6) is 0. The Hall–Kier alpha value is -0.840. The number of rotatable bonds is 3. The van der Waals surface area contributed by atoms with Gasteiger partial charge in [0.2, 0.25) is 0 Å². The van der Waals surface area contributed by atoms with Crippen LogP contribution in [0.5, 0.6) is 0 Å². The van der Waals surface area contributed by atoms with Gasteiger partial charge in [-0.1, -0.05) is 18.5 Å². The molecule has 0 amide bonds. The Kier molecular flexibility index (Phi) is 4.44. The number of fused-ring (bicyclic) bond motifs is 1. The molecule has 1 saturated heterocycles. The third kappa shape index (κ3) is 2.92. The minimum absolute atomic E-state index is 0.497. The maximum Gasteiger partial charge on any atom is 0.106 e. The van der Waals surface area contributed by atoms with Crippen molar-refractivity contribution in [1.82, 2.24) is 9.88 Å². The van der Waals surface area contributed by atoms with Crippen LogP contribution in [0, 0.1) is 0 Å². The molecule has 0 spiro atoms. The highest BCUT2D eigenvalue weighted by molar-refractivity contribution is 7.16. The second-order valence-corrected chi connectivity index (χ2v) is 6.62. The summed E-state index contributed by atoms with van der Waals surface area (Å²) in [5.41, 5.74) is 3.91. The van der Waals surface area contributed by atoms with Gasteiger partial charge in [-0.3, -0.25) is 0 Å². The maximum absolute atomic E-state index is 6.37. The topological polar surface area (TPSA) is 28.2 Å². The molecule has 2 heterocycles. The number of aromatic nitrogens is 1. The lowest BCUT2D eigenvalue weighted by Gasteiger charge is -2.20. The lowest BCUT2D eigenvalue weighted by molar-refractivity contribution is 0.300. The number of halogens is 1. The first-order valence-electron chi connectivity index (χ1n) is 7.28. The van der Waals surface area contributed by atoms with E-state index in [2.05, 4.69) is 22.1 Å². The van der Waals surface area contributed by atoms with Crippen LogP contribution in [0.3, 0.4) is 0 Å². The standard InChI is InChI=1S/C15H20ClN3S/c1-2-19-8-3-4-11(7-9-19)18-14-12(16)5-6-13-15(14)17-10-20-13/h5-6,10-11,18H,2-4,7-9H2,1H3. The summed E-state index contributed by atoms with van der Waals surface area (Å²) in [4.78, 5) is 6.98. The van der Waals surface area contributed by atoms with Crippen molar-refractivity contribution in [1.29, 1.82) is 0 Å². The minimum atomic E-state index is 0.497. The van der Waals surface area contributed by atoms with Gasteiger partial charge in [0.1, 0.15) is 5.52 Å². The summed E-state index contributed by atoms with van der Waals surface area (Å²) in [6.45, 7) is 5.76. The molecule has 20 heavy (non-hydrogen) atoms. The van der Waals surface area contributed by atoms with Crippen molar-refractivity contribution in [3.05, 3.63) is 22.7 Å². The van der Waals surface area contributed by atoms with E-state index < -0.39 is 0 Å². The summed E-state index contributed by atoms with van der Waals surface area (Å²) in [5, 5.41) is 4.43. The second kappa shape index (κ2) is 6.29. The van der Waals surface area contributed by atoms with Crippen molar-refractivity contribution < 1.29 is 0 Å². The molecule has 5 heteroatoms. The number of thiazole rings is 1. The molecule has 1 fully saturated rings. The maximum atomic E-state index is 6.37. The fourth-order valence-corrected chi connectivity index (χ4v) is 3.76. The minimum Gasteiger partial charge on any atom is -0.379 e. The number of hydrogen-bond donors (Lipinski definition) is 1. The van der Waals surface area contributed by atoms with Crippen LogP contribution in [0.15, 0.2) is 17.6 Å². The third-order valence-corrected chi connectivity index (χ3v) is 5.18. The zero-order chi connectivity index (χ0) is 13.9. The van der Waals surface area contributed by atoms with Crippen molar-refractivity contribution in [3.8, 4) is 0 Å². The summed E-state index contributed by atoms with van der Waals surface area (Å²) in [6, 6.07) is 4.52. The molecule has 1 aromatic heterocycles. The highest BCUT2D eigenvalue weighted by Crippen LogP contribution is 2.33. The van der Waals surface area contributed by atoms with E-state index in [0.29, 0.717) is 6.04 Å². The predicted molar refractivity (Wildman–Crippen MR) is 88.0 cm³/mol. The van der Waals surface area contributed by atoms with Gasteiger partial charge < -0.3 is 10.2 Å². The van der Waals surface area contributed by atoms with E-state index in [9.17, 15) is 0 Å². The molecule has 0 saturated carbocycles. The lowest BCUT2D eigenvalue weighted by atomic mass is 10.1. The largest absolute Gasteiger partial charge is 0.379 e. The molecule has 1 aliphatic heterocycles. The summed E-state index contributed by atoms with van der Waals surface area (Å²) >= 11 is 8.03. The van der Waals surface area contributed by atoms with E-state index in [1.165, 1.54) is 37.1 Å². The first-order valence-corrected chi connectivity index (χ1v) is 8.54. The van der Waals surface area contributed by atoms with Gasteiger partial charge in [-0.05, 0) is 44.5 Å². The van der Waals surface area contributed by atoms with Gasteiger partial charge in [0.25, 0.3) is 0 Å². The Balaban J connectivity index is 1.79. The van der Waals surface area contributed by atoms with Crippen molar-refractivity contribution in [2.75, 3.05) is 25.0 Å². The second-order valence-electron chi connectivity index (χ2n) is 5.33. The molecule has 1 aromatic carbocycles. The highest BCUT2D eigenvalue weighted by atomic mass is 35.5. The highest BCUT2D eigenvalue weighted by Gasteiger charge is 2.18. The molecule has 0 bridgehead atoms. The van der Waals surface area contributed by atoms with Crippen LogP contribution in [0.2, 0.25) is 5.02 Å². The normalized spacial score (nSPS) is 21.0. The predicted octanol–water partition coefficient (Wildman–Crippen LogP) is 4.24. The molecule has 1 aliphatic rings. The Morgan fingerprint density at radius 2 is 2.30 bits per heavy atom. The van der Waals surface area contributed by atoms with Crippen LogP contribution in [0.4, 0.5) is 5.69 Å². The van der Waals surface area contributed by atoms with Crippen LogP contribution in [-0.2, 0) is 0 Å². The average Bonchev–Trinajstić information content (AvgIpc) is 2.81. The van der Waals surface area contributed by atoms with Crippen molar-refractivity contribution in [2.45, 2.75) is 32.2 Å². The fraction of sp³-hybridized carbons (Fsp3) is 0.533. The van der Waals surface area contributed by atoms with Crippen LogP contribution >= 0.6 is 22.9 Å². The third-order valence-electron chi connectivity index (χ3n) is 4.07. The van der Waals surface area contributed by atoms with Crippen LogP contribution in [0.1, 0.15) is 26.2 Å². The molecule has 1 N–H and O–H groups in total. The average molecular weight is 310 g/mol. The molecule has 2 aromatic rings. The van der Waals surface area contributed by atoms with Gasteiger partial charge in [-0.25, -0.2) is 4.98 Å². The molecule has 0 radical (unpaired) electrons. The van der Waals surface area contributed by atoms with Crippen molar-refractivity contribution in [3.63, 3.8) is 0 Å². The summed E-state index contributed by atoms with van der Waals surface area (Å²) in [6.07, 6.45) is 3.62. The molecule has 3 rings (SSSR count). The first-order chi connectivity index (χ1) is 9.78. The van der Waals surface area contributed by atoms with E-state index in [-0.39, 0.29) is 0 Å². The number of benzene rings is 1. The number of hydrogen-bond acceptors (Lipinski definition) is 4. The Bertz CT molecular complexity index is 584. The van der Waals surface area contributed by atoms with Gasteiger partial charge in [-0.15, -0.1) is 11.3 Å². The number of nitrogens with zero attached hydrogens (tertiary/aromatic N) is 2. The molecular formula is C15H20ClN3S. The van der Waals surface area contributed by atoms with Crippen LogP contribution in [0.25, 0.3) is 10.2 Å². The van der Waals surface area contributed by atoms with E-state index >= 15 is 0 Å². The van der Waals surface area contributed by atoms with Crippen LogP contribution < -0.4 is 5.32 Å². The Morgan fingerprint density at radius 1 is 1.40 bits per heavy atom. The zero-order valence-corrected chi connectivity index (χ0v) is 13.3. The van der Waals surface area contributed by atoms with Gasteiger partial charge in [0, 0.05) is 12.6 Å². The van der Waals surface area contributed by atoms with E-state index in [1.807, 2.05) is 17.6 Å². The Labute approximate surface area is 128 Å². The van der Waals surface area contributed by atoms with Crippen LogP contribution in [-0.4, -0.2) is 35.6 Å². The smallest absolute Gasteiger partial charge is 0.106 e.